The average molecular weight is 241 g/mol. The van der Waals surface area contributed by atoms with Crippen LogP contribution in [0.25, 0.3) is 0 Å². The molecule has 100 valence electrons. The van der Waals surface area contributed by atoms with Gasteiger partial charge in [0, 0.05) is 32.1 Å². The van der Waals surface area contributed by atoms with Gasteiger partial charge in [-0.15, -0.1) is 0 Å². The fourth-order valence-corrected chi connectivity index (χ4v) is 2.90. The molecule has 1 aliphatic rings. The number of hydrogen-bond acceptors (Lipinski definition) is 3. The first-order valence-corrected chi connectivity index (χ1v) is 6.84. The summed E-state index contributed by atoms with van der Waals surface area (Å²) in [6.45, 7) is 4.80. The molecule has 1 fully saturated rings. The van der Waals surface area contributed by atoms with Crippen molar-refractivity contribution >= 4 is 5.91 Å². The van der Waals surface area contributed by atoms with E-state index in [1.165, 1.54) is 25.7 Å². The molecule has 0 heterocycles. The lowest BCUT2D eigenvalue weighted by Crippen LogP contribution is -2.53. The van der Waals surface area contributed by atoms with Crippen molar-refractivity contribution in [2.45, 2.75) is 51.0 Å². The summed E-state index contributed by atoms with van der Waals surface area (Å²) in [5.74, 6) is 0.122. The van der Waals surface area contributed by atoms with Crippen LogP contribution in [0.1, 0.15) is 45.4 Å². The van der Waals surface area contributed by atoms with Crippen molar-refractivity contribution in [1.29, 1.82) is 0 Å². The Hall–Kier alpha value is -0.610. The quantitative estimate of drug-likeness (QED) is 0.702. The van der Waals surface area contributed by atoms with E-state index in [4.69, 9.17) is 5.73 Å². The standard InChI is InChI=1S/C13H27N3O/c1-3-9-16(10-6-12(17)15-2)13(11-14)7-4-5-8-13/h3-11,14H2,1-2H3,(H,15,17). The molecule has 0 unspecified atom stereocenters. The highest BCUT2D eigenvalue weighted by Crippen LogP contribution is 2.34. The van der Waals surface area contributed by atoms with E-state index in [1.807, 2.05) is 0 Å². The lowest BCUT2D eigenvalue weighted by atomic mass is 9.94. The molecular formula is C13H27N3O. The predicted molar refractivity (Wildman–Crippen MR) is 70.8 cm³/mol. The van der Waals surface area contributed by atoms with Gasteiger partial charge in [-0.25, -0.2) is 0 Å². The summed E-state index contributed by atoms with van der Waals surface area (Å²) in [4.78, 5) is 13.8. The third-order valence-electron chi connectivity index (χ3n) is 3.97. The molecule has 17 heavy (non-hydrogen) atoms. The summed E-state index contributed by atoms with van der Waals surface area (Å²) in [6, 6.07) is 0. The number of amides is 1. The summed E-state index contributed by atoms with van der Waals surface area (Å²) >= 11 is 0. The number of nitrogens with zero attached hydrogens (tertiary/aromatic N) is 1. The monoisotopic (exact) mass is 241 g/mol. The van der Waals surface area contributed by atoms with Crippen molar-refractivity contribution in [1.82, 2.24) is 10.2 Å². The van der Waals surface area contributed by atoms with E-state index in [0.29, 0.717) is 6.42 Å². The van der Waals surface area contributed by atoms with E-state index in [9.17, 15) is 4.79 Å². The van der Waals surface area contributed by atoms with Crippen LogP contribution in [0.3, 0.4) is 0 Å². The number of hydrogen-bond donors (Lipinski definition) is 2. The minimum atomic E-state index is 0.122. The maximum Gasteiger partial charge on any atom is 0.221 e. The van der Waals surface area contributed by atoms with Gasteiger partial charge in [-0.3, -0.25) is 9.69 Å². The number of carbonyl (C=O) groups excluding carboxylic acids is 1. The number of nitrogens with two attached hydrogens (primary N) is 1. The van der Waals surface area contributed by atoms with Crippen molar-refractivity contribution in [2.75, 3.05) is 26.7 Å². The van der Waals surface area contributed by atoms with Gasteiger partial charge >= 0.3 is 0 Å². The first-order valence-electron chi connectivity index (χ1n) is 6.84. The zero-order valence-corrected chi connectivity index (χ0v) is 11.3. The molecule has 0 aromatic heterocycles. The van der Waals surface area contributed by atoms with Gasteiger partial charge in [0.15, 0.2) is 0 Å². The Morgan fingerprint density at radius 2 is 2.00 bits per heavy atom. The van der Waals surface area contributed by atoms with Crippen molar-refractivity contribution in [3.8, 4) is 0 Å². The van der Waals surface area contributed by atoms with Crippen LogP contribution < -0.4 is 11.1 Å². The first kappa shape index (κ1) is 14.5. The Labute approximate surface area is 105 Å². The Bertz CT molecular complexity index is 237. The number of nitrogens with one attached hydrogen (secondary N) is 1. The Morgan fingerprint density at radius 1 is 1.35 bits per heavy atom. The number of carbonyl (C=O) groups is 1. The molecule has 1 saturated carbocycles. The van der Waals surface area contributed by atoms with E-state index in [0.717, 1.165) is 26.1 Å². The topological polar surface area (TPSA) is 58.4 Å². The second-order valence-corrected chi connectivity index (χ2v) is 5.05. The summed E-state index contributed by atoms with van der Waals surface area (Å²) < 4.78 is 0. The fraction of sp³-hybridized carbons (Fsp3) is 0.923. The summed E-state index contributed by atoms with van der Waals surface area (Å²) in [5, 5.41) is 2.69. The molecule has 4 heteroatoms. The second kappa shape index (κ2) is 6.97. The molecule has 0 aromatic rings. The van der Waals surface area contributed by atoms with Gasteiger partial charge in [-0.05, 0) is 25.8 Å². The van der Waals surface area contributed by atoms with E-state index >= 15 is 0 Å². The fourth-order valence-electron chi connectivity index (χ4n) is 2.90. The molecule has 0 aliphatic heterocycles. The molecule has 0 bridgehead atoms. The Kier molecular flexibility index (Phi) is 5.92. The van der Waals surface area contributed by atoms with Crippen LogP contribution in [-0.2, 0) is 4.79 Å². The maximum atomic E-state index is 11.4. The number of rotatable bonds is 7. The van der Waals surface area contributed by atoms with Gasteiger partial charge in [-0.1, -0.05) is 19.8 Å². The molecule has 0 radical (unpaired) electrons. The van der Waals surface area contributed by atoms with E-state index in [1.54, 1.807) is 7.05 Å². The molecule has 0 spiro atoms. The minimum Gasteiger partial charge on any atom is -0.359 e. The average Bonchev–Trinajstić information content (AvgIpc) is 2.83. The van der Waals surface area contributed by atoms with Crippen molar-refractivity contribution in [2.24, 2.45) is 5.73 Å². The van der Waals surface area contributed by atoms with Gasteiger partial charge in [0.25, 0.3) is 0 Å². The molecule has 0 saturated heterocycles. The van der Waals surface area contributed by atoms with Crippen LogP contribution in [0.4, 0.5) is 0 Å². The molecule has 0 aromatic carbocycles. The van der Waals surface area contributed by atoms with Gasteiger partial charge in [-0.2, -0.15) is 0 Å². The summed E-state index contributed by atoms with van der Waals surface area (Å²) in [6.07, 6.45) is 6.64. The molecule has 4 nitrogen and oxygen atoms in total. The molecule has 3 N–H and O–H groups in total. The molecule has 0 atom stereocenters. The highest BCUT2D eigenvalue weighted by atomic mass is 16.1. The molecule has 1 aliphatic carbocycles. The highest BCUT2D eigenvalue weighted by molar-refractivity contribution is 5.75. The second-order valence-electron chi connectivity index (χ2n) is 5.05. The molecule has 1 rings (SSSR count). The van der Waals surface area contributed by atoms with Crippen molar-refractivity contribution in [3.05, 3.63) is 0 Å². The van der Waals surface area contributed by atoms with Crippen molar-refractivity contribution < 1.29 is 4.79 Å². The van der Waals surface area contributed by atoms with Gasteiger partial charge in [0.2, 0.25) is 5.91 Å². The van der Waals surface area contributed by atoms with Crippen LogP contribution in [0.5, 0.6) is 0 Å². The third kappa shape index (κ3) is 3.68. The minimum absolute atomic E-state index is 0.122. The smallest absolute Gasteiger partial charge is 0.221 e. The Balaban J connectivity index is 2.59. The van der Waals surface area contributed by atoms with Crippen LogP contribution in [0.2, 0.25) is 0 Å². The third-order valence-corrected chi connectivity index (χ3v) is 3.97. The Morgan fingerprint density at radius 3 is 2.47 bits per heavy atom. The van der Waals surface area contributed by atoms with Crippen LogP contribution in [-0.4, -0.2) is 43.0 Å². The summed E-state index contributed by atoms with van der Waals surface area (Å²) in [5.41, 5.74) is 6.17. The van der Waals surface area contributed by atoms with Gasteiger partial charge < -0.3 is 11.1 Å². The van der Waals surface area contributed by atoms with E-state index in [-0.39, 0.29) is 11.4 Å². The normalized spacial score (nSPS) is 18.6. The zero-order chi connectivity index (χ0) is 12.7. The zero-order valence-electron chi connectivity index (χ0n) is 11.3. The lowest BCUT2D eigenvalue weighted by Gasteiger charge is -2.40. The SMILES string of the molecule is CCCN(CCC(=O)NC)C1(CN)CCCC1. The molecular weight excluding hydrogens is 214 g/mol. The van der Waals surface area contributed by atoms with Crippen LogP contribution >= 0.6 is 0 Å². The predicted octanol–water partition coefficient (Wildman–Crippen LogP) is 1.11. The van der Waals surface area contributed by atoms with Crippen LogP contribution in [0.15, 0.2) is 0 Å². The van der Waals surface area contributed by atoms with E-state index < -0.39 is 0 Å². The first-order chi connectivity index (χ1) is 8.18. The maximum absolute atomic E-state index is 11.4. The molecule has 1 amide bonds. The van der Waals surface area contributed by atoms with Crippen LogP contribution in [0, 0.1) is 0 Å². The van der Waals surface area contributed by atoms with Crippen molar-refractivity contribution in [3.63, 3.8) is 0 Å². The van der Waals surface area contributed by atoms with E-state index in [2.05, 4.69) is 17.1 Å². The lowest BCUT2D eigenvalue weighted by molar-refractivity contribution is -0.121. The highest BCUT2D eigenvalue weighted by Gasteiger charge is 2.37. The van der Waals surface area contributed by atoms with Gasteiger partial charge in [0.1, 0.15) is 0 Å². The summed E-state index contributed by atoms with van der Waals surface area (Å²) in [7, 11) is 1.70. The largest absolute Gasteiger partial charge is 0.359 e. The van der Waals surface area contributed by atoms with Gasteiger partial charge in [0.05, 0.1) is 0 Å².